The number of hydrogen-bond acceptors (Lipinski definition) is 1. The molecule has 0 unspecified atom stereocenters. The van der Waals surface area contributed by atoms with Crippen LogP contribution in [0.1, 0.15) is 15.9 Å². The molecule has 0 aliphatic carbocycles. The van der Waals surface area contributed by atoms with E-state index in [2.05, 4.69) is 5.32 Å². The third-order valence-corrected chi connectivity index (χ3v) is 3.41. The van der Waals surface area contributed by atoms with Crippen molar-refractivity contribution in [2.24, 2.45) is 0 Å². The first-order valence-electron chi connectivity index (χ1n) is 6.70. The first-order valence-corrected chi connectivity index (χ1v) is 6.70. The molecule has 0 saturated carbocycles. The fraction of sp³-hybridized carbons (Fsp3) is 0.0556. The molecule has 1 amide bonds. The van der Waals surface area contributed by atoms with Crippen LogP contribution < -0.4 is 5.32 Å². The average molecular weight is 279 g/mol. The molecule has 0 atom stereocenters. The van der Waals surface area contributed by atoms with Crippen molar-refractivity contribution in [1.29, 1.82) is 0 Å². The van der Waals surface area contributed by atoms with Gasteiger partial charge in [-0.3, -0.25) is 4.79 Å². The van der Waals surface area contributed by atoms with Gasteiger partial charge >= 0.3 is 0 Å². The van der Waals surface area contributed by atoms with Crippen molar-refractivity contribution in [3.63, 3.8) is 0 Å². The SMILES string of the molecule is Cc1ccc(C(=O)Nc2cccc3ccccc23)c(F)c1. The Bertz CT molecular complexity index is 821. The predicted octanol–water partition coefficient (Wildman–Crippen LogP) is 4.54. The number of halogens is 1. The second-order valence-electron chi connectivity index (χ2n) is 4.96. The molecule has 21 heavy (non-hydrogen) atoms. The smallest absolute Gasteiger partial charge is 0.258 e. The van der Waals surface area contributed by atoms with Crippen molar-refractivity contribution in [2.45, 2.75) is 6.92 Å². The lowest BCUT2D eigenvalue weighted by Gasteiger charge is -2.09. The van der Waals surface area contributed by atoms with Crippen LogP contribution in [0.2, 0.25) is 0 Å². The van der Waals surface area contributed by atoms with Gasteiger partial charge in [0.25, 0.3) is 5.91 Å². The zero-order valence-electron chi connectivity index (χ0n) is 11.6. The van der Waals surface area contributed by atoms with Gasteiger partial charge in [-0.1, -0.05) is 42.5 Å². The Morgan fingerprint density at radius 3 is 2.57 bits per heavy atom. The summed E-state index contributed by atoms with van der Waals surface area (Å²) in [6.45, 7) is 1.79. The van der Waals surface area contributed by atoms with Crippen LogP contribution in [0.15, 0.2) is 60.7 Å². The maximum atomic E-state index is 13.9. The largest absolute Gasteiger partial charge is 0.321 e. The molecule has 0 aliphatic heterocycles. The number of carbonyl (C=O) groups is 1. The summed E-state index contributed by atoms with van der Waals surface area (Å²) < 4.78 is 13.9. The molecule has 0 bridgehead atoms. The number of fused-ring (bicyclic) bond motifs is 1. The van der Waals surface area contributed by atoms with E-state index in [0.717, 1.165) is 16.3 Å². The topological polar surface area (TPSA) is 29.1 Å². The molecule has 3 aromatic carbocycles. The van der Waals surface area contributed by atoms with E-state index in [1.54, 1.807) is 13.0 Å². The number of benzene rings is 3. The zero-order chi connectivity index (χ0) is 14.8. The lowest BCUT2D eigenvalue weighted by Crippen LogP contribution is -2.14. The van der Waals surface area contributed by atoms with E-state index in [9.17, 15) is 9.18 Å². The van der Waals surface area contributed by atoms with E-state index in [0.29, 0.717) is 5.69 Å². The quantitative estimate of drug-likeness (QED) is 0.733. The van der Waals surface area contributed by atoms with Crippen molar-refractivity contribution >= 4 is 22.4 Å². The Morgan fingerprint density at radius 2 is 1.76 bits per heavy atom. The summed E-state index contributed by atoms with van der Waals surface area (Å²) in [6.07, 6.45) is 0. The van der Waals surface area contributed by atoms with E-state index in [1.165, 1.54) is 12.1 Å². The Hall–Kier alpha value is -2.68. The van der Waals surface area contributed by atoms with Gasteiger partial charge in [-0.05, 0) is 36.1 Å². The van der Waals surface area contributed by atoms with Gasteiger partial charge in [0, 0.05) is 11.1 Å². The molecule has 2 nitrogen and oxygen atoms in total. The van der Waals surface area contributed by atoms with Gasteiger partial charge in [-0.15, -0.1) is 0 Å². The molecule has 3 rings (SSSR count). The first-order chi connectivity index (χ1) is 10.1. The average Bonchev–Trinajstić information content (AvgIpc) is 2.47. The highest BCUT2D eigenvalue weighted by molar-refractivity contribution is 6.09. The second kappa shape index (κ2) is 5.37. The minimum atomic E-state index is -0.507. The fourth-order valence-corrected chi connectivity index (χ4v) is 2.33. The summed E-state index contributed by atoms with van der Waals surface area (Å²) >= 11 is 0. The summed E-state index contributed by atoms with van der Waals surface area (Å²) in [5.74, 6) is -0.948. The number of anilines is 1. The van der Waals surface area contributed by atoms with Gasteiger partial charge in [0.1, 0.15) is 5.82 Å². The lowest BCUT2D eigenvalue weighted by atomic mass is 10.1. The van der Waals surface area contributed by atoms with Crippen molar-refractivity contribution in [2.75, 3.05) is 5.32 Å². The zero-order valence-corrected chi connectivity index (χ0v) is 11.6. The van der Waals surface area contributed by atoms with Crippen molar-refractivity contribution < 1.29 is 9.18 Å². The van der Waals surface area contributed by atoms with Gasteiger partial charge in [-0.2, -0.15) is 0 Å². The standard InChI is InChI=1S/C18H14FNO/c1-12-9-10-15(16(19)11-12)18(21)20-17-8-4-6-13-5-2-3-7-14(13)17/h2-11H,1H3,(H,20,21). The summed E-state index contributed by atoms with van der Waals surface area (Å²) in [5, 5.41) is 4.74. The maximum absolute atomic E-state index is 13.9. The van der Waals surface area contributed by atoms with Gasteiger partial charge in [0.15, 0.2) is 0 Å². The monoisotopic (exact) mass is 279 g/mol. The van der Waals surface area contributed by atoms with Crippen LogP contribution in [0.5, 0.6) is 0 Å². The minimum Gasteiger partial charge on any atom is -0.321 e. The van der Waals surface area contributed by atoms with Crippen LogP contribution in [0.3, 0.4) is 0 Å². The molecule has 0 spiro atoms. The molecule has 0 aromatic heterocycles. The van der Waals surface area contributed by atoms with E-state index in [-0.39, 0.29) is 5.56 Å². The highest BCUT2D eigenvalue weighted by Gasteiger charge is 2.12. The molecular weight excluding hydrogens is 265 g/mol. The maximum Gasteiger partial charge on any atom is 0.258 e. The third kappa shape index (κ3) is 2.63. The van der Waals surface area contributed by atoms with Crippen molar-refractivity contribution in [3.8, 4) is 0 Å². The van der Waals surface area contributed by atoms with Gasteiger partial charge < -0.3 is 5.32 Å². The molecule has 0 fully saturated rings. The predicted molar refractivity (Wildman–Crippen MR) is 83.0 cm³/mol. The van der Waals surface area contributed by atoms with E-state index >= 15 is 0 Å². The van der Waals surface area contributed by atoms with Crippen LogP contribution in [0.25, 0.3) is 10.8 Å². The molecule has 0 aliphatic rings. The Kier molecular flexibility index (Phi) is 3.40. The molecule has 0 saturated heterocycles. The molecular formula is C18H14FNO. The summed E-state index contributed by atoms with van der Waals surface area (Å²) in [7, 11) is 0. The van der Waals surface area contributed by atoms with Gasteiger partial charge in [0.05, 0.1) is 5.56 Å². The molecule has 0 heterocycles. The van der Waals surface area contributed by atoms with Crippen LogP contribution in [0.4, 0.5) is 10.1 Å². The molecule has 0 radical (unpaired) electrons. The number of rotatable bonds is 2. The Morgan fingerprint density at radius 1 is 1.00 bits per heavy atom. The highest BCUT2D eigenvalue weighted by Crippen LogP contribution is 2.23. The van der Waals surface area contributed by atoms with E-state index in [4.69, 9.17) is 0 Å². The highest BCUT2D eigenvalue weighted by atomic mass is 19.1. The van der Waals surface area contributed by atoms with E-state index in [1.807, 2.05) is 42.5 Å². The number of hydrogen-bond donors (Lipinski definition) is 1. The number of amides is 1. The van der Waals surface area contributed by atoms with E-state index < -0.39 is 11.7 Å². The summed E-state index contributed by atoms with van der Waals surface area (Å²) in [4.78, 5) is 12.2. The fourth-order valence-electron chi connectivity index (χ4n) is 2.33. The Labute approximate surface area is 122 Å². The molecule has 3 aromatic rings. The number of nitrogens with one attached hydrogen (secondary N) is 1. The van der Waals surface area contributed by atoms with Crippen molar-refractivity contribution in [3.05, 3.63) is 77.6 Å². The minimum absolute atomic E-state index is 0.0496. The van der Waals surface area contributed by atoms with Crippen LogP contribution in [0, 0.1) is 12.7 Å². The summed E-state index contributed by atoms with van der Waals surface area (Å²) in [6, 6.07) is 18.0. The number of aryl methyl sites for hydroxylation is 1. The second-order valence-corrected chi connectivity index (χ2v) is 4.96. The first kappa shape index (κ1) is 13.3. The normalized spacial score (nSPS) is 10.6. The molecule has 3 heteroatoms. The van der Waals surface area contributed by atoms with Gasteiger partial charge in [-0.25, -0.2) is 4.39 Å². The number of carbonyl (C=O) groups excluding carboxylic acids is 1. The molecule has 1 N–H and O–H groups in total. The third-order valence-electron chi connectivity index (χ3n) is 3.41. The molecule has 104 valence electrons. The lowest BCUT2D eigenvalue weighted by molar-refractivity contribution is 0.102. The van der Waals surface area contributed by atoms with Crippen LogP contribution >= 0.6 is 0 Å². The van der Waals surface area contributed by atoms with Crippen molar-refractivity contribution in [1.82, 2.24) is 0 Å². The van der Waals surface area contributed by atoms with Gasteiger partial charge in [0.2, 0.25) is 0 Å². The summed E-state index contributed by atoms with van der Waals surface area (Å²) in [5.41, 5.74) is 1.51. The van der Waals surface area contributed by atoms with Crippen LogP contribution in [-0.4, -0.2) is 5.91 Å². The Balaban J connectivity index is 1.97. The van der Waals surface area contributed by atoms with Crippen LogP contribution in [-0.2, 0) is 0 Å².